The van der Waals surface area contributed by atoms with Crippen molar-refractivity contribution in [3.05, 3.63) is 72.9 Å². The Balaban J connectivity index is 2.49. The number of allylic oxidation sites excluding steroid dienone is 11. The number of carbonyl (C=O) groups is 1. The zero-order chi connectivity index (χ0) is 43.9. The number of aliphatic hydroxyl groups is 3. The Hall–Kier alpha value is -2.46. The van der Waals surface area contributed by atoms with E-state index in [0.717, 1.165) is 57.8 Å². The fourth-order valence-electron chi connectivity index (χ4n) is 6.44. The Morgan fingerprint density at radius 3 is 1.68 bits per heavy atom. The Bertz CT molecular complexity index is 1330. The van der Waals surface area contributed by atoms with Crippen LogP contribution in [0.5, 0.6) is 0 Å². The maximum absolute atomic E-state index is 12.8. The third-order valence-corrected chi connectivity index (χ3v) is 10.3. The molecule has 0 aliphatic carbocycles. The molecular formula is C47H80O12S. The molecule has 0 amide bonds. The average Bonchev–Trinajstić information content (AvgIpc) is 3.22. The van der Waals surface area contributed by atoms with Crippen LogP contribution in [0.4, 0.5) is 0 Å². The molecule has 6 unspecified atom stereocenters. The molecule has 60 heavy (non-hydrogen) atoms. The topological polar surface area (TPSA) is 178 Å². The van der Waals surface area contributed by atoms with Crippen molar-refractivity contribution in [3.8, 4) is 0 Å². The van der Waals surface area contributed by atoms with Gasteiger partial charge in [0.15, 0.2) is 6.29 Å². The van der Waals surface area contributed by atoms with Crippen LogP contribution in [0.3, 0.4) is 0 Å². The van der Waals surface area contributed by atoms with Crippen LogP contribution in [0, 0.1) is 0 Å². The summed E-state index contributed by atoms with van der Waals surface area (Å²) in [6.07, 6.45) is 39.6. The number of aliphatic hydroxyl groups excluding tert-OH is 3. The lowest BCUT2D eigenvalue weighted by molar-refractivity contribution is -0.301. The number of rotatable bonds is 38. The van der Waals surface area contributed by atoms with Crippen LogP contribution >= 0.6 is 0 Å². The van der Waals surface area contributed by atoms with Gasteiger partial charge in [0.25, 0.3) is 0 Å². The van der Waals surface area contributed by atoms with E-state index in [1.54, 1.807) is 0 Å². The van der Waals surface area contributed by atoms with Crippen molar-refractivity contribution in [2.45, 2.75) is 192 Å². The molecule has 6 atom stereocenters. The van der Waals surface area contributed by atoms with E-state index in [4.69, 9.17) is 23.5 Å². The van der Waals surface area contributed by atoms with Gasteiger partial charge in [-0.05, 0) is 70.6 Å². The Labute approximate surface area is 362 Å². The van der Waals surface area contributed by atoms with Gasteiger partial charge in [-0.1, -0.05) is 151 Å². The Morgan fingerprint density at radius 2 is 1.15 bits per heavy atom. The summed E-state index contributed by atoms with van der Waals surface area (Å²) in [6, 6.07) is 0. The molecule has 0 spiro atoms. The molecule has 0 bridgehead atoms. The molecule has 346 valence electrons. The fraction of sp³-hybridized carbons (Fsp3) is 0.723. The number of esters is 1. The molecule has 1 rings (SSSR count). The van der Waals surface area contributed by atoms with E-state index in [-0.39, 0.29) is 19.6 Å². The highest BCUT2D eigenvalue weighted by molar-refractivity contribution is 7.80. The summed E-state index contributed by atoms with van der Waals surface area (Å²) < 4.78 is 58.9. The minimum Gasteiger partial charge on any atom is -0.457 e. The highest BCUT2D eigenvalue weighted by Gasteiger charge is 2.48. The lowest BCUT2D eigenvalue weighted by Crippen LogP contribution is -2.60. The molecule has 1 heterocycles. The number of hydrogen-bond donors (Lipinski definition) is 4. The molecule has 0 saturated carbocycles. The first kappa shape index (κ1) is 55.6. The Morgan fingerprint density at radius 1 is 0.650 bits per heavy atom. The second-order valence-electron chi connectivity index (χ2n) is 15.3. The standard InChI is InChI=1S/C47H80O12S/c1-3-5-7-9-11-13-15-17-19-21-22-24-26-28-30-32-34-36-43(49)57-41(40-56-47-45(51)46(59-60(52,53)54)44(50)42(38-48)58-47)39-55-37-35-33-31-29-27-25-23-20-18-16-14-12-10-8-6-4-2/h6,8,12,14,17-20,25,27,31,33,41-42,44-48,50-51H,3-5,7,9-11,13,15-16,21-24,26,28-30,32,34-40H2,1-2H3,(H,52,53,54)/b8-6-,14-12-,19-17-,20-18-,27-25-,33-31-. The quantitative estimate of drug-likeness (QED) is 0.0200. The largest absolute Gasteiger partial charge is 0.457 e. The smallest absolute Gasteiger partial charge is 0.397 e. The van der Waals surface area contributed by atoms with Crippen LogP contribution in [0.2, 0.25) is 0 Å². The maximum Gasteiger partial charge on any atom is 0.397 e. The van der Waals surface area contributed by atoms with Gasteiger partial charge in [0.2, 0.25) is 0 Å². The van der Waals surface area contributed by atoms with E-state index in [1.165, 1.54) is 64.2 Å². The molecule has 4 N–H and O–H groups in total. The minimum absolute atomic E-state index is 0.0233. The monoisotopic (exact) mass is 869 g/mol. The van der Waals surface area contributed by atoms with Gasteiger partial charge in [-0.15, -0.1) is 0 Å². The zero-order valence-electron chi connectivity index (χ0n) is 36.7. The van der Waals surface area contributed by atoms with E-state index >= 15 is 0 Å². The second-order valence-corrected chi connectivity index (χ2v) is 16.3. The molecule has 0 aromatic rings. The van der Waals surface area contributed by atoms with Gasteiger partial charge in [0, 0.05) is 6.42 Å². The first-order valence-corrected chi connectivity index (χ1v) is 24.1. The van der Waals surface area contributed by atoms with Crippen molar-refractivity contribution < 1.29 is 56.2 Å². The van der Waals surface area contributed by atoms with Crippen molar-refractivity contribution in [3.63, 3.8) is 0 Å². The average molecular weight is 869 g/mol. The Kier molecular flexibility index (Phi) is 35.4. The predicted octanol–water partition coefficient (Wildman–Crippen LogP) is 9.52. The van der Waals surface area contributed by atoms with Gasteiger partial charge in [0.1, 0.15) is 30.5 Å². The van der Waals surface area contributed by atoms with E-state index in [9.17, 15) is 28.5 Å². The molecule has 13 heteroatoms. The lowest BCUT2D eigenvalue weighted by atomic mass is 9.99. The highest BCUT2D eigenvalue weighted by Crippen LogP contribution is 2.26. The highest BCUT2D eigenvalue weighted by atomic mass is 32.3. The molecule has 0 radical (unpaired) electrons. The first-order valence-electron chi connectivity index (χ1n) is 22.7. The van der Waals surface area contributed by atoms with Gasteiger partial charge >= 0.3 is 16.4 Å². The van der Waals surface area contributed by atoms with Gasteiger partial charge in [-0.2, -0.15) is 8.42 Å². The van der Waals surface area contributed by atoms with Crippen molar-refractivity contribution in [2.75, 3.05) is 26.4 Å². The van der Waals surface area contributed by atoms with Crippen molar-refractivity contribution in [2.24, 2.45) is 0 Å². The van der Waals surface area contributed by atoms with Crippen LogP contribution in [0.1, 0.15) is 155 Å². The summed E-state index contributed by atoms with van der Waals surface area (Å²) >= 11 is 0. The first-order chi connectivity index (χ1) is 29.1. The molecule has 1 fully saturated rings. The predicted molar refractivity (Wildman–Crippen MR) is 239 cm³/mol. The fourth-order valence-corrected chi connectivity index (χ4v) is 6.94. The maximum atomic E-state index is 12.8. The SMILES string of the molecule is CC/C=C\C/C=C\C/C=C\C/C=C\C/C=C\CCOCC(COC1OC(CO)C(O)C(OS(=O)(=O)O)C1O)OC(=O)CCCCCCCCC/C=C\CCCCCCCC. The normalized spacial score (nSPS) is 20.9. The summed E-state index contributed by atoms with van der Waals surface area (Å²) in [5.41, 5.74) is 0. The van der Waals surface area contributed by atoms with Crippen LogP contribution in [0.25, 0.3) is 0 Å². The van der Waals surface area contributed by atoms with E-state index in [1.807, 2.05) is 12.2 Å². The number of carbonyl (C=O) groups excluding carboxylic acids is 1. The van der Waals surface area contributed by atoms with Gasteiger partial charge < -0.3 is 34.3 Å². The summed E-state index contributed by atoms with van der Waals surface area (Å²) in [5.74, 6) is -0.431. The van der Waals surface area contributed by atoms with E-state index < -0.39 is 59.8 Å². The summed E-state index contributed by atoms with van der Waals surface area (Å²) in [4.78, 5) is 12.8. The van der Waals surface area contributed by atoms with E-state index in [2.05, 4.69) is 78.8 Å². The molecule has 1 aliphatic rings. The zero-order valence-corrected chi connectivity index (χ0v) is 37.6. The third-order valence-electron chi connectivity index (χ3n) is 9.83. The van der Waals surface area contributed by atoms with Gasteiger partial charge in [-0.25, -0.2) is 4.18 Å². The van der Waals surface area contributed by atoms with Crippen LogP contribution in [-0.4, -0.2) is 97.5 Å². The summed E-state index contributed by atoms with van der Waals surface area (Å²) in [6.45, 7) is 3.63. The van der Waals surface area contributed by atoms with Crippen molar-refractivity contribution in [1.82, 2.24) is 0 Å². The molecular weight excluding hydrogens is 789 g/mol. The minimum atomic E-state index is -5.07. The number of hydrogen-bond acceptors (Lipinski definition) is 11. The van der Waals surface area contributed by atoms with Gasteiger partial charge in [0.05, 0.1) is 26.4 Å². The molecule has 12 nitrogen and oxygen atoms in total. The molecule has 0 aromatic carbocycles. The summed E-state index contributed by atoms with van der Waals surface area (Å²) in [5, 5.41) is 30.6. The van der Waals surface area contributed by atoms with E-state index in [0.29, 0.717) is 19.4 Å². The van der Waals surface area contributed by atoms with Crippen LogP contribution < -0.4 is 0 Å². The second kappa shape index (κ2) is 38.2. The van der Waals surface area contributed by atoms with Crippen LogP contribution in [-0.2, 0) is 38.3 Å². The molecule has 1 aliphatic heterocycles. The molecule has 0 aromatic heterocycles. The molecule has 1 saturated heterocycles. The summed E-state index contributed by atoms with van der Waals surface area (Å²) in [7, 11) is -5.07. The number of unbranched alkanes of at least 4 members (excludes halogenated alkanes) is 13. The van der Waals surface area contributed by atoms with Crippen LogP contribution in [0.15, 0.2) is 72.9 Å². The van der Waals surface area contributed by atoms with Crippen molar-refractivity contribution in [1.29, 1.82) is 0 Å². The third kappa shape index (κ3) is 31.4. The van der Waals surface area contributed by atoms with Crippen molar-refractivity contribution >= 4 is 16.4 Å². The lowest BCUT2D eigenvalue weighted by Gasteiger charge is -2.41. The van der Waals surface area contributed by atoms with Gasteiger partial charge in [-0.3, -0.25) is 9.35 Å². The number of ether oxygens (including phenoxy) is 4.